The van der Waals surface area contributed by atoms with Gasteiger partial charge in [-0.3, -0.25) is 14.5 Å². The smallest absolute Gasteiger partial charge is 0.293 e. The topological polar surface area (TPSA) is 42.3 Å². The number of imide groups is 1. The van der Waals surface area contributed by atoms with E-state index in [1.165, 1.54) is 10.5 Å². The van der Waals surface area contributed by atoms with E-state index in [-0.39, 0.29) is 11.1 Å². The molecule has 1 saturated heterocycles. The first-order chi connectivity index (χ1) is 13.5. The highest BCUT2D eigenvalue weighted by Crippen LogP contribution is 2.34. The molecule has 2 aromatic carbocycles. The van der Waals surface area contributed by atoms with Crippen LogP contribution in [-0.2, 0) is 11.3 Å². The van der Waals surface area contributed by atoms with Crippen molar-refractivity contribution in [3.8, 4) is 0 Å². The van der Waals surface area contributed by atoms with Gasteiger partial charge in [-0.1, -0.05) is 44.0 Å². The monoisotopic (exact) mass is 518 g/mol. The number of aromatic nitrogens is 1. The SMILES string of the molecule is CCN1C(=O)S/C(=C\c2cn(Cc3ccc(Br)cc3)c3ccc(Br)cc23)C1=O. The summed E-state index contributed by atoms with van der Waals surface area (Å²) in [5.74, 6) is -0.221. The Bertz CT molecular complexity index is 1120. The van der Waals surface area contributed by atoms with Gasteiger partial charge in [-0.25, -0.2) is 0 Å². The third-order valence-corrected chi connectivity index (χ3v) is 6.55. The van der Waals surface area contributed by atoms with Crippen molar-refractivity contribution in [1.82, 2.24) is 9.47 Å². The maximum Gasteiger partial charge on any atom is 0.293 e. The molecule has 1 fully saturated rings. The molecule has 3 aromatic rings. The van der Waals surface area contributed by atoms with E-state index in [1.807, 2.05) is 36.5 Å². The van der Waals surface area contributed by atoms with E-state index in [4.69, 9.17) is 0 Å². The second-order valence-electron chi connectivity index (χ2n) is 6.43. The van der Waals surface area contributed by atoms with Gasteiger partial charge >= 0.3 is 0 Å². The quantitative estimate of drug-likeness (QED) is 0.381. The van der Waals surface area contributed by atoms with Crippen molar-refractivity contribution < 1.29 is 9.59 Å². The highest BCUT2D eigenvalue weighted by atomic mass is 79.9. The van der Waals surface area contributed by atoms with Crippen LogP contribution in [0.4, 0.5) is 4.79 Å². The first kappa shape index (κ1) is 19.5. The molecule has 0 saturated carbocycles. The second-order valence-corrected chi connectivity index (χ2v) is 9.25. The van der Waals surface area contributed by atoms with Crippen LogP contribution in [0.2, 0.25) is 0 Å². The molecule has 1 aliphatic heterocycles. The van der Waals surface area contributed by atoms with E-state index in [1.54, 1.807) is 6.92 Å². The van der Waals surface area contributed by atoms with Crippen molar-refractivity contribution in [2.45, 2.75) is 13.5 Å². The lowest BCUT2D eigenvalue weighted by Crippen LogP contribution is -2.27. The third kappa shape index (κ3) is 3.71. The van der Waals surface area contributed by atoms with Gasteiger partial charge in [-0.2, -0.15) is 0 Å². The molecule has 142 valence electrons. The van der Waals surface area contributed by atoms with Crippen molar-refractivity contribution >= 4 is 71.7 Å². The Hall–Kier alpha value is -1.83. The predicted octanol–water partition coefficient (Wildman–Crippen LogP) is 6.27. The van der Waals surface area contributed by atoms with Crippen LogP contribution in [0.1, 0.15) is 18.1 Å². The Morgan fingerprint density at radius 2 is 1.75 bits per heavy atom. The molecule has 0 aliphatic carbocycles. The number of hydrogen-bond acceptors (Lipinski definition) is 3. The fraction of sp³-hybridized carbons (Fsp3) is 0.143. The molecular weight excluding hydrogens is 504 g/mol. The van der Waals surface area contributed by atoms with Crippen LogP contribution in [0.3, 0.4) is 0 Å². The molecule has 2 heterocycles. The van der Waals surface area contributed by atoms with Crippen molar-refractivity contribution in [2.75, 3.05) is 6.54 Å². The van der Waals surface area contributed by atoms with Gasteiger partial charge in [0.25, 0.3) is 11.1 Å². The molecule has 0 radical (unpaired) electrons. The number of fused-ring (bicyclic) bond motifs is 1. The van der Waals surface area contributed by atoms with Gasteiger partial charge in [-0.15, -0.1) is 0 Å². The van der Waals surface area contributed by atoms with Crippen LogP contribution < -0.4 is 0 Å². The first-order valence-electron chi connectivity index (χ1n) is 8.74. The van der Waals surface area contributed by atoms with Gasteiger partial charge in [0.2, 0.25) is 0 Å². The Labute approximate surface area is 183 Å². The standard InChI is InChI=1S/C21H16Br2N2O2S/c1-2-25-20(26)19(28-21(25)27)9-14-12-24(11-13-3-5-15(22)6-4-13)18-8-7-16(23)10-17(14)18/h3-10,12H,2,11H2,1H3/b19-9-. The summed E-state index contributed by atoms with van der Waals surface area (Å²) in [5, 5.41) is 0.827. The van der Waals surface area contributed by atoms with E-state index in [0.29, 0.717) is 11.4 Å². The minimum absolute atomic E-state index is 0.210. The predicted molar refractivity (Wildman–Crippen MR) is 121 cm³/mol. The lowest BCUT2D eigenvalue weighted by molar-refractivity contribution is -0.122. The fourth-order valence-corrected chi connectivity index (χ4v) is 4.76. The fourth-order valence-electron chi connectivity index (χ4n) is 3.24. The Kier molecular flexibility index (Phi) is 5.49. The van der Waals surface area contributed by atoms with Crippen LogP contribution >= 0.6 is 43.6 Å². The summed E-state index contributed by atoms with van der Waals surface area (Å²) in [4.78, 5) is 26.2. The van der Waals surface area contributed by atoms with Crippen molar-refractivity contribution in [2.24, 2.45) is 0 Å². The normalized spacial score (nSPS) is 16.0. The average Bonchev–Trinajstić information content (AvgIpc) is 3.13. The van der Waals surface area contributed by atoms with Gasteiger partial charge in [0.15, 0.2) is 0 Å². The number of likely N-dealkylation sites (N-methyl/N-ethyl adjacent to an activating group) is 1. The van der Waals surface area contributed by atoms with Crippen LogP contribution in [0.5, 0.6) is 0 Å². The minimum Gasteiger partial charge on any atom is -0.342 e. The number of carbonyl (C=O) groups excluding carboxylic acids is 2. The van der Waals surface area contributed by atoms with E-state index < -0.39 is 0 Å². The number of nitrogens with zero attached hydrogens (tertiary/aromatic N) is 2. The van der Waals surface area contributed by atoms with Gasteiger partial charge < -0.3 is 4.57 Å². The summed E-state index contributed by atoms with van der Waals surface area (Å²) in [6.07, 6.45) is 3.87. The zero-order valence-corrected chi connectivity index (χ0v) is 19.0. The molecule has 7 heteroatoms. The molecule has 1 aromatic heterocycles. The number of halogens is 2. The van der Waals surface area contributed by atoms with Gasteiger partial charge in [-0.05, 0) is 60.7 Å². The van der Waals surface area contributed by atoms with Crippen LogP contribution in [0.25, 0.3) is 17.0 Å². The molecule has 4 rings (SSSR count). The van der Waals surface area contributed by atoms with Gasteiger partial charge in [0.05, 0.1) is 4.91 Å². The number of benzene rings is 2. The summed E-state index contributed by atoms with van der Waals surface area (Å²) in [5.41, 5.74) is 3.18. The largest absolute Gasteiger partial charge is 0.342 e. The lowest BCUT2D eigenvalue weighted by atomic mass is 10.1. The summed E-state index contributed by atoms with van der Waals surface area (Å²) in [6.45, 7) is 2.91. The molecule has 4 nitrogen and oxygen atoms in total. The van der Waals surface area contributed by atoms with E-state index in [0.717, 1.165) is 43.7 Å². The Morgan fingerprint density at radius 1 is 1.04 bits per heavy atom. The van der Waals surface area contributed by atoms with E-state index in [2.05, 4.69) is 54.6 Å². The van der Waals surface area contributed by atoms with Crippen LogP contribution in [0, 0.1) is 0 Å². The highest BCUT2D eigenvalue weighted by molar-refractivity contribution is 9.10. The molecule has 0 spiro atoms. The molecule has 1 aliphatic rings. The zero-order chi connectivity index (χ0) is 19.8. The Morgan fingerprint density at radius 3 is 2.43 bits per heavy atom. The number of amides is 2. The lowest BCUT2D eigenvalue weighted by Gasteiger charge is -2.06. The summed E-state index contributed by atoms with van der Waals surface area (Å²) in [7, 11) is 0. The van der Waals surface area contributed by atoms with E-state index >= 15 is 0 Å². The number of rotatable bonds is 4. The first-order valence-corrected chi connectivity index (χ1v) is 11.1. The maximum absolute atomic E-state index is 12.5. The van der Waals surface area contributed by atoms with Crippen molar-refractivity contribution in [3.05, 3.63) is 73.6 Å². The molecule has 0 unspecified atom stereocenters. The average molecular weight is 520 g/mol. The second kappa shape index (κ2) is 7.89. The van der Waals surface area contributed by atoms with Gasteiger partial charge in [0, 0.05) is 44.7 Å². The van der Waals surface area contributed by atoms with E-state index in [9.17, 15) is 9.59 Å². The molecule has 0 atom stereocenters. The Balaban J connectivity index is 1.78. The highest BCUT2D eigenvalue weighted by Gasteiger charge is 2.33. The third-order valence-electron chi connectivity index (χ3n) is 4.62. The van der Waals surface area contributed by atoms with Crippen LogP contribution in [0.15, 0.2) is 62.5 Å². The molecule has 0 N–H and O–H groups in total. The molecule has 28 heavy (non-hydrogen) atoms. The summed E-state index contributed by atoms with van der Waals surface area (Å²) < 4.78 is 4.18. The zero-order valence-electron chi connectivity index (χ0n) is 15.0. The number of thioether (sulfide) groups is 1. The van der Waals surface area contributed by atoms with Crippen molar-refractivity contribution in [3.63, 3.8) is 0 Å². The van der Waals surface area contributed by atoms with Gasteiger partial charge in [0.1, 0.15) is 0 Å². The number of hydrogen-bond donors (Lipinski definition) is 0. The molecule has 2 amide bonds. The molecule has 0 bridgehead atoms. The maximum atomic E-state index is 12.5. The minimum atomic E-state index is -0.221. The summed E-state index contributed by atoms with van der Waals surface area (Å²) >= 11 is 8.00. The van der Waals surface area contributed by atoms with Crippen molar-refractivity contribution in [1.29, 1.82) is 0 Å². The number of carbonyl (C=O) groups is 2. The van der Waals surface area contributed by atoms with Crippen LogP contribution in [-0.4, -0.2) is 27.2 Å². The molecular formula is C21H16Br2N2O2S. The summed E-state index contributed by atoms with van der Waals surface area (Å²) in [6, 6.07) is 14.3.